The highest BCUT2D eigenvalue weighted by molar-refractivity contribution is 7.89. The molecule has 0 aromatic heterocycles. The molecule has 0 rings (SSSR count). The average Bonchev–Trinajstić information content (AvgIpc) is 2.10. The number of nitrogens with two attached hydrogens (primary N) is 1. The van der Waals surface area contributed by atoms with Crippen LogP contribution in [-0.2, 0) is 19.6 Å². The summed E-state index contributed by atoms with van der Waals surface area (Å²) < 4.78 is 23.8. The van der Waals surface area contributed by atoms with Gasteiger partial charge in [0.25, 0.3) is 0 Å². The second kappa shape index (κ2) is 5.66. The van der Waals surface area contributed by atoms with E-state index in [1.807, 2.05) is 0 Å². The lowest BCUT2D eigenvalue weighted by molar-refractivity contribution is -0.136. The van der Waals surface area contributed by atoms with Gasteiger partial charge in [-0.2, -0.15) is 4.31 Å². The van der Waals surface area contributed by atoms with Crippen LogP contribution in [0.1, 0.15) is 13.3 Å². The van der Waals surface area contributed by atoms with Crippen molar-refractivity contribution in [3.05, 3.63) is 0 Å². The van der Waals surface area contributed by atoms with Crippen LogP contribution in [0.3, 0.4) is 0 Å². The Hall–Kier alpha value is -1.15. The van der Waals surface area contributed by atoms with Crippen LogP contribution < -0.4 is 5.73 Å². The van der Waals surface area contributed by atoms with Gasteiger partial charge < -0.3 is 10.8 Å². The molecule has 0 aliphatic heterocycles. The van der Waals surface area contributed by atoms with Crippen molar-refractivity contribution in [1.29, 1.82) is 0 Å². The topological polar surface area (TPSA) is 118 Å². The number of hydrogen-bond donors (Lipinski definition) is 2. The van der Waals surface area contributed by atoms with Crippen LogP contribution in [-0.4, -0.2) is 48.5 Å². The first-order valence-corrected chi connectivity index (χ1v) is 5.88. The summed E-state index contributed by atoms with van der Waals surface area (Å²) in [5.41, 5.74) is 4.86. The molecule has 0 spiro atoms. The summed E-state index contributed by atoms with van der Waals surface area (Å²) in [4.78, 5) is 20.8. The Morgan fingerprint density at radius 2 is 1.93 bits per heavy atom. The number of likely N-dealkylation sites (N-methyl/N-ethyl adjacent to an activating group) is 1. The van der Waals surface area contributed by atoms with E-state index in [4.69, 9.17) is 10.8 Å². The maximum atomic E-state index is 11.5. The molecule has 0 aromatic rings. The number of carbonyl (C=O) groups is 2. The first-order valence-electron chi connectivity index (χ1n) is 4.27. The number of amides is 1. The van der Waals surface area contributed by atoms with E-state index in [0.29, 0.717) is 0 Å². The third kappa shape index (κ3) is 5.33. The minimum atomic E-state index is -3.71. The highest BCUT2D eigenvalue weighted by Crippen LogP contribution is 2.02. The number of carbonyl (C=O) groups excluding carboxylic acids is 1. The summed E-state index contributed by atoms with van der Waals surface area (Å²) in [6.45, 7) is 1.21. The zero-order valence-electron chi connectivity index (χ0n) is 8.34. The normalized spacial score (nSPS) is 11.6. The number of aliphatic carboxylic acids is 1. The molecule has 0 heterocycles. The van der Waals surface area contributed by atoms with Crippen LogP contribution >= 0.6 is 0 Å². The van der Waals surface area contributed by atoms with Crippen molar-refractivity contribution < 1.29 is 23.1 Å². The number of carboxylic acid groups (broad SMARTS) is 1. The predicted octanol–water partition coefficient (Wildman–Crippen LogP) is -1.40. The summed E-state index contributed by atoms with van der Waals surface area (Å²) in [7, 11) is -3.71. The van der Waals surface area contributed by atoms with Gasteiger partial charge in [-0.3, -0.25) is 9.59 Å². The first kappa shape index (κ1) is 13.8. The standard InChI is InChI=1S/C7H14N2O5S/c1-2-9(5-6(8)10)15(13,14)4-3-7(11)12/h2-5H2,1H3,(H2,8,10)(H,11,12). The minimum absolute atomic E-state index is 0.0882. The quantitative estimate of drug-likeness (QED) is 0.565. The van der Waals surface area contributed by atoms with Crippen molar-refractivity contribution in [2.45, 2.75) is 13.3 Å². The van der Waals surface area contributed by atoms with Gasteiger partial charge in [0.1, 0.15) is 0 Å². The number of nitrogens with zero attached hydrogens (tertiary/aromatic N) is 1. The second-order valence-electron chi connectivity index (χ2n) is 2.85. The smallest absolute Gasteiger partial charge is 0.304 e. The van der Waals surface area contributed by atoms with Crippen LogP contribution in [0.25, 0.3) is 0 Å². The fourth-order valence-corrected chi connectivity index (χ4v) is 2.33. The summed E-state index contributed by atoms with van der Waals surface area (Å²) in [6.07, 6.45) is -0.488. The number of hydrogen-bond acceptors (Lipinski definition) is 4. The third-order valence-corrected chi connectivity index (χ3v) is 3.55. The van der Waals surface area contributed by atoms with E-state index in [1.165, 1.54) is 0 Å². The molecule has 0 bridgehead atoms. The predicted molar refractivity (Wildman–Crippen MR) is 52.5 cm³/mol. The zero-order chi connectivity index (χ0) is 12.1. The van der Waals surface area contributed by atoms with Crippen LogP contribution in [0.5, 0.6) is 0 Å². The van der Waals surface area contributed by atoms with Gasteiger partial charge >= 0.3 is 5.97 Å². The molecule has 0 aliphatic rings. The van der Waals surface area contributed by atoms with Crippen molar-refractivity contribution >= 4 is 21.9 Å². The number of primary amides is 1. The van der Waals surface area contributed by atoms with E-state index in [1.54, 1.807) is 6.92 Å². The van der Waals surface area contributed by atoms with Gasteiger partial charge in [0.15, 0.2) is 0 Å². The van der Waals surface area contributed by atoms with Gasteiger partial charge in [0.2, 0.25) is 15.9 Å². The zero-order valence-corrected chi connectivity index (χ0v) is 9.16. The van der Waals surface area contributed by atoms with Crippen molar-refractivity contribution in [3.8, 4) is 0 Å². The molecule has 15 heavy (non-hydrogen) atoms. The monoisotopic (exact) mass is 238 g/mol. The van der Waals surface area contributed by atoms with Crippen molar-refractivity contribution in [2.24, 2.45) is 5.73 Å². The minimum Gasteiger partial charge on any atom is -0.481 e. The Morgan fingerprint density at radius 1 is 1.40 bits per heavy atom. The molecule has 7 nitrogen and oxygen atoms in total. The summed E-state index contributed by atoms with van der Waals surface area (Å²) in [5.74, 6) is -2.49. The van der Waals surface area contributed by atoms with Crippen molar-refractivity contribution in [2.75, 3.05) is 18.8 Å². The molecular formula is C7H14N2O5S. The number of sulfonamides is 1. The van der Waals surface area contributed by atoms with E-state index in [-0.39, 0.29) is 6.54 Å². The van der Waals surface area contributed by atoms with Crippen LogP contribution in [0, 0.1) is 0 Å². The highest BCUT2D eigenvalue weighted by Gasteiger charge is 2.22. The van der Waals surface area contributed by atoms with Gasteiger partial charge in [-0.05, 0) is 0 Å². The lowest BCUT2D eigenvalue weighted by Gasteiger charge is -2.17. The molecule has 0 fully saturated rings. The van der Waals surface area contributed by atoms with E-state index in [9.17, 15) is 18.0 Å². The van der Waals surface area contributed by atoms with Crippen molar-refractivity contribution in [3.63, 3.8) is 0 Å². The van der Waals surface area contributed by atoms with Gasteiger partial charge in [-0.25, -0.2) is 8.42 Å². The molecule has 88 valence electrons. The largest absolute Gasteiger partial charge is 0.481 e. The van der Waals surface area contributed by atoms with Crippen molar-refractivity contribution in [1.82, 2.24) is 4.31 Å². The van der Waals surface area contributed by atoms with Crippen LogP contribution in [0.4, 0.5) is 0 Å². The Labute approximate surface area is 87.9 Å². The fraction of sp³-hybridized carbons (Fsp3) is 0.714. The molecule has 0 unspecified atom stereocenters. The van der Waals surface area contributed by atoms with E-state index >= 15 is 0 Å². The molecule has 0 aromatic carbocycles. The molecule has 0 radical (unpaired) electrons. The van der Waals surface area contributed by atoms with E-state index in [2.05, 4.69) is 0 Å². The molecule has 3 N–H and O–H groups in total. The Morgan fingerprint density at radius 3 is 2.27 bits per heavy atom. The van der Waals surface area contributed by atoms with Gasteiger partial charge in [0, 0.05) is 6.54 Å². The lowest BCUT2D eigenvalue weighted by atomic mass is 10.5. The number of carboxylic acids is 1. The maximum absolute atomic E-state index is 11.5. The average molecular weight is 238 g/mol. The van der Waals surface area contributed by atoms with Gasteiger partial charge in [-0.1, -0.05) is 6.92 Å². The number of rotatable bonds is 7. The summed E-state index contributed by atoms with van der Waals surface area (Å²) in [5, 5.41) is 8.34. The maximum Gasteiger partial charge on any atom is 0.304 e. The summed E-state index contributed by atoms with van der Waals surface area (Å²) >= 11 is 0. The van der Waals surface area contributed by atoms with Gasteiger partial charge in [-0.15, -0.1) is 0 Å². The second-order valence-corrected chi connectivity index (χ2v) is 4.94. The molecule has 0 atom stereocenters. The molecule has 0 saturated heterocycles. The molecule has 8 heteroatoms. The molecule has 0 saturated carbocycles. The Bertz CT molecular complexity index is 337. The molecule has 0 aliphatic carbocycles. The summed E-state index contributed by atoms with van der Waals surface area (Å²) in [6, 6.07) is 0. The Kier molecular flexibility index (Phi) is 5.23. The van der Waals surface area contributed by atoms with Crippen LogP contribution in [0.15, 0.2) is 0 Å². The highest BCUT2D eigenvalue weighted by atomic mass is 32.2. The van der Waals surface area contributed by atoms with Crippen LogP contribution in [0.2, 0.25) is 0 Å². The lowest BCUT2D eigenvalue weighted by Crippen LogP contribution is -2.39. The van der Waals surface area contributed by atoms with E-state index in [0.717, 1.165) is 4.31 Å². The van der Waals surface area contributed by atoms with E-state index < -0.39 is 40.6 Å². The third-order valence-electron chi connectivity index (χ3n) is 1.65. The SMILES string of the molecule is CCN(CC(N)=O)S(=O)(=O)CCC(=O)O. The Balaban J connectivity index is 4.52. The first-order chi connectivity index (χ1) is 6.79. The molecular weight excluding hydrogens is 224 g/mol. The molecule has 1 amide bonds. The van der Waals surface area contributed by atoms with Gasteiger partial charge in [0.05, 0.1) is 18.7 Å². The fourth-order valence-electron chi connectivity index (χ4n) is 0.926.